The fraction of sp³-hybridized carbons (Fsp3) is 0.261. The second kappa shape index (κ2) is 8.31. The van der Waals surface area contributed by atoms with Crippen LogP contribution in [0.4, 0.5) is 4.79 Å². The number of carbonyl (C=O) groups excluding carboxylic acids is 1. The molecule has 0 aliphatic carbocycles. The first-order chi connectivity index (χ1) is 14.2. The molecule has 3 aromatic rings. The number of methoxy groups -OCH3 is 2. The maximum absolute atomic E-state index is 13.2. The number of ether oxygens (including phenoxy) is 2. The Kier molecular flexibility index (Phi) is 5.42. The third kappa shape index (κ3) is 3.78. The summed E-state index contributed by atoms with van der Waals surface area (Å²) in [7, 11) is 3.28. The Bertz CT molecular complexity index is 984. The zero-order valence-corrected chi connectivity index (χ0v) is 16.7. The molecule has 0 radical (unpaired) electrons. The topological polar surface area (TPSA) is 55.7 Å². The van der Waals surface area contributed by atoms with Gasteiger partial charge in [0, 0.05) is 37.1 Å². The lowest BCUT2D eigenvalue weighted by Crippen LogP contribution is -2.47. The van der Waals surface area contributed by atoms with Gasteiger partial charge in [0.2, 0.25) is 0 Å². The second-order valence-electron chi connectivity index (χ2n) is 6.97. The molecule has 1 aliphatic heterocycles. The van der Waals surface area contributed by atoms with Crippen molar-refractivity contribution < 1.29 is 14.3 Å². The minimum Gasteiger partial charge on any atom is -0.497 e. The summed E-state index contributed by atoms with van der Waals surface area (Å²) >= 11 is 0. The quantitative estimate of drug-likeness (QED) is 0.719. The lowest BCUT2D eigenvalue weighted by molar-refractivity contribution is 0.167. The van der Waals surface area contributed by atoms with Gasteiger partial charge in [-0.05, 0) is 35.9 Å². The summed E-state index contributed by atoms with van der Waals surface area (Å²) in [6.45, 7) is 1.84. The van der Waals surface area contributed by atoms with E-state index in [2.05, 4.69) is 16.0 Å². The molecule has 0 saturated heterocycles. The largest absolute Gasteiger partial charge is 0.497 e. The van der Waals surface area contributed by atoms with E-state index in [0.717, 1.165) is 34.9 Å². The second-order valence-corrected chi connectivity index (χ2v) is 6.97. The lowest BCUT2D eigenvalue weighted by atomic mass is 9.98. The molecule has 6 nitrogen and oxygen atoms in total. The van der Waals surface area contributed by atoms with Crippen LogP contribution in [-0.2, 0) is 13.1 Å². The van der Waals surface area contributed by atoms with E-state index in [-0.39, 0.29) is 12.1 Å². The van der Waals surface area contributed by atoms with Gasteiger partial charge in [-0.3, -0.25) is 0 Å². The highest BCUT2D eigenvalue weighted by Crippen LogP contribution is 2.39. The molecule has 2 amide bonds. The van der Waals surface area contributed by atoms with Crippen molar-refractivity contribution in [2.45, 2.75) is 19.1 Å². The van der Waals surface area contributed by atoms with E-state index in [1.54, 1.807) is 14.2 Å². The van der Waals surface area contributed by atoms with Crippen molar-refractivity contribution in [1.82, 2.24) is 14.8 Å². The number of aromatic nitrogens is 1. The van der Waals surface area contributed by atoms with Gasteiger partial charge in [-0.15, -0.1) is 0 Å². The molecule has 1 aromatic heterocycles. The summed E-state index contributed by atoms with van der Waals surface area (Å²) in [5, 5.41) is 3.06. The number of hydrogen-bond acceptors (Lipinski definition) is 3. The highest BCUT2D eigenvalue weighted by atomic mass is 16.5. The Morgan fingerprint density at radius 3 is 2.62 bits per heavy atom. The van der Waals surface area contributed by atoms with Crippen molar-refractivity contribution in [3.63, 3.8) is 0 Å². The van der Waals surface area contributed by atoms with Gasteiger partial charge < -0.3 is 24.3 Å². The molecule has 29 heavy (non-hydrogen) atoms. The Morgan fingerprint density at radius 1 is 1.03 bits per heavy atom. The molecule has 1 N–H and O–H groups in total. The number of amides is 2. The molecule has 6 heteroatoms. The molecule has 0 spiro atoms. The summed E-state index contributed by atoms with van der Waals surface area (Å²) in [6, 6.07) is 19.3. The molecular weight excluding hydrogens is 366 g/mol. The number of carbonyl (C=O) groups is 1. The Balaban J connectivity index is 1.67. The van der Waals surface area contributed by atoms with Crippen molar-refractivity contribution in [2.24, 2.45) is 0 Å². The van der Waals surface area contributed by atoms with Crippen molar-refractivity contribution in [3.05, 3.63) is 83.7 Å². The van der Waals surface area contributed by atoms with E-state index in [1.165, 1.54) is 0 Å². The minimum atomic E-state index is -0.264. The SMILES string of the molecule is COc1ccc(OC)c([C@H]2c3cccn3CCN2C(=O)NCc2ccccc2)c1. The molecule has 2 aromatic carbocycles. The van der Waals surface area contributed by atoms with E-state index >= 15 is 0 Å². The maximum Gasteiger partial charge on any atom is 0.318 e. The molecule has 150 valence electrons. The normalized spacial score (nSPS) is 15.5. The Hall–Kier alpha value is -3.41. The third-order valence-corrected chi connectivity index (χ3v) is 5.32. The first kappa shape index (κ1) is 18.9. The molecule has 0 bridgehead atoms. The smallest absolute Gasteiger partial charge is 0.318 e. The summed E-state index contributed by atoms with van der Waals surface area (Å²) in [5.41, 5.74) is 3.02. The number of benzene rings is 2. The van der Waals surface area contributed by atoms with Gasteiger partial charge in [-0.2, -0.15) is 0 Å². The van der Waals surface area contributed by atoms with E-state index in [4.69, 9.17) is 9.47 Å². The zero-order valence-electron chi connectivity index (χ0n) is 16.7. The third-order valence-electron chi connectivity index (χ3n) is 5.32. The predicted octanol–water partition coefficient (Wildman–Crippen LogP) is 3.82. The number of fused-ring (bicyclic) bond motifs is 1. The van der Waals surface area contributed by atoms with Crippen LogP contribution in [0.1, 0.15) is 22.9 Å². The van der Waals surface area contributed by atoms with E-state index in [1.807, 2.05) is 65.7 Å². The molecule has 4 rings (SSSR count). The highest BCUT2D eigenvalue weighted by Gasteiger charge is 2.34. The van der Waals surface area contributed by atoms with Crippen molar-refractivity contribution in [3.8, 4) is 11.5 Å². The van der Waals surface area contributed by atoms with E-state index < -0.39 is 0 Å². The number of nitrogens with zero attached hydrogens (tertiary/aromatic N) is 2. The first-order valence-electron chi connectivity index (χ1n) is 9.66. The van der Waals surface area contributed by atoms with Crippen LogP contribution in [0.25, 0.3) is 0 Å². The highest BCUT2D eigenvalue weighted by molar-refractivity contribution is 5.76. The summed E-state index contributed by atoms with van der Waals surface area (Å²) in [4.78, 5) is 15.0. The zero-order chi connectivity index (χ0) is 20.2. The van der Waals surface area contributed by atoms with Gasteiger partial charge in [-0.1, -0.05) is 30.3 Å². The van der Waals surface area contributed by atoms with Gasteiger partial charge in [0.15, 0.2) is 0 Å². The molecule has 1 atom stereocenters. The number of hydrogen-bond donors (Lipinski definition) is 1. The first-order valence-corrected chi connectivity index (χ1v) is 9.66. The molecule has 0 unspecified atom stereocenters. The van der Waals surface area contributed by atoms with E-state index in [0.29, 0.717) is 13.1 Å². The average molecular weight is 391 g/mol. The van der Waals surface area contributed by atoms with Crippen LogP contribution in [0, 0.1) is 0 Å². The van der Waals surface area contributed by atoms with Gasteiger partial charge in [0.1, 0.15) is 17.5 Å². The molecule has 2 heterocycles. The Labute approximate surface area is 170 Å². The van der Waals surface area contributed by atoms with Crippen LogP contribution in [-0.4, -0.2) is 36.3 Å². The van der Waals surface area contributed by atoms with Gasteiger partial charge in [-0.25, -0.2) is 4.79 Å². The number of nitrogens with one attached hydrogen (secondary N) is 1. The van der Waals surface area contributed by atoms with Crippen LogP contribution >= 0.6 is 0 Å². The molecule has 0 saturated carbocycles. The van der Waals surface area contributed by atoms with Crippen molar-refractivity contribution >= 4 is 6.03 Å². The fourth-order valence-corrected chi connectivity index (χ4v) is 3.86. The summed E-state index contributed by atoms with van der Waals surface area (Å²) < 4.78 is 13.2. The average Bonchev–Trinajstić information content (AvgIpc) is 3.26. The summed E-state index contributed by atoms with van der Waals surface area (Å²) in [6.07, 6.45) is 2.05. The Morgan fingerprint density at radius 2 is 1.86 bits per heavy atom. The van der Waals surface area contributed by atoms with Crippen LogP contribution in [0.2, 0.25) is 0 Å². The minimum absolute atomic E-state index is 0.101. The van der Waals surface area contributed by atoms with Gasteiger partial charge in [0.05, 0.1) is 14.2 Å². The van der Waals surface area contributed by atoms with Crippen molar-refractivity contribution in [1.29, 1.82) is 0 Å². The van der Waals surface area contributed by atoms with Crippen molar-refractivity contribution in [2.75, 3.05) is 20.8 Å². The van der Waals surface area contributed by atoms with E-state index in [9.17, 15) is 4.79 Å². The van der Waals surface area contributed by atoms with Gasteiger partial charge >= 0.3 is 6.03 Å². The predicted molar refractivity (Wildman–Crippen MR) is 111 cm³/mol. The number of rotatable bonds is 5. The molecule has 1 aliphatic rings. The maximum atomic E-state index is 13.2. The standard InChI is InChI=1S/C23H25N3O3/c1-28-18-10-11-21(29-2)19(15-18)22-20-9-6-12-25(20)13-14-26(22)23(27)24-16-17-7-4-3-5-8-17/h3-12,15,22H,13-14,16H2,1-2H3,(H,24,27)/t22-/m0/s1. The van der Waals surface area contributed by atoms with Crippen LogP contribution in [0.3, 0.4) is 0 Å². The van der Waals surface area contributed by atoms with Crippen LogP contribution < -0.4 is 14.8 Å². The lowest BCUT2D eigenvalue weighted by Gasteiger charge is -2.37. The monoisotopic (exact) mass is 391 g/mol. The number of urea groups is 1. The van der Waals surface area contributed by atoms with Crippen LogP contribution in [0.15, 0.2) is 66.9 Å². The summed E-state index contributed by atoms with van der Waals surface area (Å²) in [5.74, 6) is 1.46. The van der Waals surface area contributed by atoms with Crippen LogP contribution in [0.5, 0.6) is 11.5 Å². The molecular formula is C23H25N3O3. The fourth-order valence-electron chi connectivity index (χ4n) is 3.86. The van der Waals surface area contributed by atoms with Gasteiger partial charge in [0.25, 0.3) is 0 Å². The molecule has 0 fully saturated rings.